The summed E-state index contributed by atoms with van der Waals surface area (Å²) in [6.45, 7) is 5.48. The molecule has 2 atom stereocenters. The van der Waals surface area contributed by atoms with Crippen LogP contribution in [0.3, 0.4) is 0 Å². The Labute approximate surface area is 141 Å². The number of hydrogen-bond donors (Lipinski definition) is 2. The fraction of sp³-hybridized carbons (Fsp3) is 0.200. The maximum absolute atomic E-state index is 12.5. The molecule has 0 heterocycles. The van der Waals surface area contributed by atoms with Gasteiger partial charge in [-0.2, -0.15) is 0 Å². The van der Waals surface area contributed by atoms with E-state index in [1.54, 1.807) is 0 Å². The molecule has 2 aromatic rings. The van der Waals surface area contributed by atoms with Gasteiger partial charge in [0.25, 0.3) is 0 Å². The average Bonchev–Trinajstić information content (AvgIpc) is 3.03. The highest BCUT2D eigenvalue weighted by molar-refractivity contribution is 6.03. The zero-order valence-corrected chi connectivity index (χ0v) is 13.6. The van der Waals surface area contributed by atoms with Crippen LogP contribution in [0, 0.1) is 12.8 Å². The molecule has 0 saturated heterocycles. The monoisotopic (exact) mass is 320 g/mol. The molecule has 24 heavy (non-hydrogen) atoms. The van der Waals surface area contributed by atoms with Gasteiger partial charge >= 0.3 is 0 Å². The van der Waals surface area contributed by atoms with E-state index in [0.717, 1.165) is 16.5 Å². The van der Waals surface area contributed by atoms with Gasteiger partial charge in [-0.05, 0) is 30.9 Å². The Bertz CT molecular complexity index is 839. The van der Waals surface area contributed by atoms with Crippen LogP contribution in [-0.4, -0.2) is 17.9 Å². The number of rotatable bonds is 4. The number of carbonyl (C=O) groups excluding carboxylic acids is 2. The van der Waals surface area contributed by atoms with Gasteiger partial charge in [-0.3, -0.25) is 9.59 Å². The summed E-state index contributed by atoms with van der Waals surface area (Å²) < 4.78 is 0. The zero-order valence-electron chi connectivity index (χ0n) is 13.6. The van der Waals surface area contributed by atoms with E-state index in [1.807, 2.05) is 49.4 Å². The smallest absolute Gasteiger partial charge is 0.243 e. The van der Waals surface area contributed by atoms with Crippen molar-refractivity contribution in [1.82, 2.24) is 5.32 Å². The lowest BCUT2D eigenvalue weighted by Gasteiger charge is -2.14. The Hall–Kier alpha value is -2.88. The largest absolute Gasteiger partial charge is 0.346 e. The molecule has 0 saturated carbocycles. The number of nitrogens with one attached hydrogen (secondary N) is 2. The van der Waals surface area contributed by atoms with Crippen molar-refractivity contribution in [1.29, 1.82) is 0 Å². The number of carbonyl (C=O) groups is 2. The molecular weight excluding hydrogens is 300 g/mol. The highest BCUT2D eigenvalue weighted by Crippen LogP contribution is 2.26. The van der Waals surface area contributed by atoms with Crippen molar-refractivity contribution >= 4 is 28.3 Å². The Morgan fingerprint density at radius 1 is 1.21 bits per heavy atom. The molecule has 0 fully saturated rings. The van der Waals surface area contributed by atoms with Crippen LogP contribution in [0.1, 0.15) is 12.0 Å². The molecule has 4 nitrogen and oxygen atoms in total. The topological polar surface area (TPSA) is 58.2 Å². The van der Waals surface area contributed by atoms with Crippen molar-refractivity contribution in [2.75, 3.05) is 5.32 Å². The van der Waals surface area contributed by atoms with Gasteiger partial charge in [-0.15, -0.1) is 0 Å². The van der Waals surface area contributed by atoms with E-state index in [4.69, 9.17) is 0 Å². The summed E-state index contributed by atoms with van der Waals surface area (Å²) >= 11 is 0. The maximum Gasteiger partial charge on any atom is 0.243 e. The lowest BCUT2D eigenvalue weighted by atomic mass is 10.0. The molecule has 1 aliphatic rings. The molecule has 1 aliphatic carbocycles. The molecule has 4 heteroatoms. The molecule has 0 aliphatic heterocycles. The minimum absolute atomic E-state index is 0.0605. The molecule has 0 unspecified atom stereocenters. The van der Waals surface area contributed by atoms with Gasteiger partial charge in [0.05, 0.1) is 5.92 Å². The van der Waals surface area contributed by atoms with E-state index >= 15 is 0 Å². The van der Waals surface area contributed by atoms with Crippen LogP contribution < -0.4 is 10.6 Å². The summed E-state index contributed by atoms with van der Waals surface area (Å²) in [5.74, 6) is -0.536. The molecule has 0 radical (unpaired) electrons. The number of benzene rings is 2. The predicted octanol–water partition coefficient (Wildman–Crippen LogP) is 3.33. The summed E-state index contributed by atoms with van der Waals surface area (Å²) in [7, 11) is 0. The lowest BCUT2D eigenvalue weighted by molar-refractivity contribution is -0.119. The lowest BCUT2D eigenvalue weighted by Crippen LogP contribution is -2.32. The molecule has 122 valence electrons. The van der Waals surface area contributed by atoms with E-state index in [9.17, 15) is 9.59 Å². The van der Waals surface area contributed by atoms with Crippen LogP contribution in [0.5, 0.6) is 0 Å². The Balaban J connectivity index is 1.71. The van der Waals surface area contributed by atoms with Crippen LogP contribution in [0.15, 0.2) is 61.2 Å². The molecule has 2 aromatic carbocycles. The van der Waals surface area contributed by atoms with Crippen LogP contribution in [0.4, 0.5) is 5.69 Å². The van der Waals surface area contributed by atoms with Crippen molar-refractivity contribution in [3.63, 3.8) is 0 Å². The second-order valence-corrected chi connectivity index (χ2v) is 6.07. The van der Waals surface area contributed by atoms with E-state index in [-0.39, 0.29) is 23.8 Å². The van der Waals surface area contributed by atoms with Gasteiger partial charge in [0.15, 0.2) is 0 Å². The standard InChI is InChI=1S/C20H20N2O2/c1-3-19(23)21-16-9-8-15(12-16)20(24)22-18-6-4-5-14-11-13(2)7-10-17(14)18/h3-11,15-16H,1,12H2,2H3,(H,21,23)(H,22,24)/t15-,16+/m1/s1. The van der Waals surface area contributed by atoms with Gasteiger partial charge < -0.3 is 10.6 Å². The first-order chi connectivity index (χ1) is 11.6. The van der Waals surface area contributed by atoms with Gasteiger partial charge in [0.2, 0.25) is 11.8 Å². The number of hydrogen-bond acceptors (Lipinski definition) is 2. The van der Waals surface area contributed by atoms with Crippen molar-refractivity contribution in [2.45, 2.75) is 19.4 Å². The first-order valence-corrected chi connectivity index (χ1v) is 7.98. The van der Waals surface area contributed by atoms with Gasteiger partial charge in [-0.25, -0.2) is 0 Å². The highest BCUT2D eigenvalue weighted by atomic mass is 16.2. The van der Waals surface area contributed by atoms with E-state index in [2.05, 4.69) is 23.3 Å². The quantitative estimate of drug-likeness (QED) is 0.670. The normalized spacial score (nSPS) is 19.2. The molecule has 0 bridgehead atoms. The van der Waals surface area contributed by atoms with Gasteiger partial charge in [0.1, 0.15) is 0 Å². The first-order valence-electron chi connectivity index (χ1n) is 7.98. The minimum Gasteiger partial charge on any atom is -0.346 e. The minimum atomic E-state index is -0.249. The predicted molar refractivity (Wildman–Crippen MR) is 96.7 cm³/mol. The van der Waals surface area contributed by atoms with E-state index < -0.39 is 0 Å². The Morgan fingerprint density at radius 2 is 2.04 bits per heavy atom. The number of fused-ring (bicyclic) bond motifs is 1. The maximum atomic E-state index is 12.5. The fourth-order valence-electron chi connectivity index (χ4n) is 2.98. The van der Waals surface area contributed by atoms with Crippen LogP contribution in [0.25, 0.3) is 10.8 Å². The first kappa shape index (κ1) is 16.0. The number of amides is 2. The second kappa shape index (κ2) is 6.71. The summed E-state index contributed by atoms with van der Waals surface area (Å²) in [5, 5.41) is 7.93. The van der Waals surface area contributed by atoms with Crippen LogP contribution in [-0.2, 0) is 9.59 Å². The molecule has 3 rings (SSSR count). The van der Waals surface area contributed by atoms with E-state index in [0.29, 0.717) is 6.42 Å². The summed E-state index contributed by atoms with van der Waals surface area (Å²) in [5.41, 5.74) is 2.00. The van der Waals surface area contributed by atoms with Crippen LogP contribution >= 0.6 is 0 Å². The number of anilines is 1. The second-order valence-electron chi connectivity index (χ2n) is 6.07. The van der Waals surface area contributed by atoms with Gasteiger partial charge in [0, 0.05) is 17.1 Å². The summed E-state index contributed by atoms with van der Waals surface area (Å²) in [6, 6.07) is 11.9. The summed E-state index contributed by atoms with van der Waals surface area (Å²) in [4.78, 5) is 23.9. The molecule has 2 N–H and O–H groups in total. The average molecular weight is 320 g/mol. The molecular formula is C20H20N2O2. The third kappa shape index (κ3) is 3.38. The Morgan fingerprint density at radius 3 is 2.83 bits per heavy atom. The third-order valence-corrected chi connectivity index (χ3v) is 4.23. The highest BCUT2D eigenvalue weighted by Gasteiger charge is 2.25. The fourth-order valence-corrected chi connectivity index (χ4v) is 2.98. The zero-order chi connectivity index (χ0) is 17.1. The van der Waals surface area contributed by atoms with Crippen molar-refractivity contribution in [2.24, 2.45) is 5.92 Å². The third-order valence-electron chi connectivity index (χ3n) is 4.23. The number of aryl methyl sites for hydroxylation is 1. The van der Waals surface area contributed by atoms with E-state index in [1.165, 1.54) is 11.6 Å². The van der Waals surface area contributed by atoms with Crippen LogP contribution in [0.2, 0.25) is 0 Å². The molecule has 0 spiro atoms. The van der Waals surface area contributed by atoms with Crippen molar-refractivity contribution < 1.29 is 9.59 Å². The Kier molecular flexibility index (Phi) is 4.47. The van der Waals surface area contributed by atoms with Gasteiger partial charge in [-0.1, -0.05) is 54.6 Å². The van der Waals surface area contributed by atoms with Crippen molar-refractivity contribution in [3.8, 4) is 0 Å². The van der Waals surface area contributed by atoms with Crippen molar-refractivity contribution in [3.05, 3.63) is 66.8 Å². The molecule has 0 aromatic heterocycles. The summed E-state index contributed by atoms with van der Waals surface area (Å²) in [6.07, 6.45) is 5.51. The molecule has 2 amide bonds. The SMILES string of the molecule is C=CC(=O)N[C@H]1C=C[C@@H](C(=O)Nc2cccc3cc(C)ccc23)C1.